The van der Waals surface area contributed by atoms with E-state index in [-0.39, 0.29) is 28.6 Å². The summed E-state index contributed by atoms with van der Waals surface area (Å²) >= 11 is 0. The molecule has 0 bridgehead atoms. The van der Waals surface area contributed by atoms with Crippen LogP contribution in [0.25, 0.3) is 0 Å². The van der Waals surface area contributed by atoms with Crippen molar-refractivity contribution >= 4 is 21.8 Å². The van der Waals surface area contributed by atoms with Gasteiger partial charge in [0.15, 0.2) is 0 Å². The van der Waals surface area contributed by atoms with Gasteiger partial charge in [0.1, 0.15) is 23.0 Å². The molecule has 2 aromatic carbocycles. The van der Waals surface area contributed by atoms with Gasteiger partial charge in [-0.15, -0.1) is 0 Å². The Kier molecular flexibility index (Phi) is 6.38. The molecule has 0 radical (unpaired) electrons. The Hall–Kier alpha value is -3.37. The molecule has 0 saturated heterocycles. The van der Waals surface area contributed by atoms with Crippen LogP contribution in [-0.4, -0.2) is 40.8 Å². The second-order valence-electron chi connectivity index (χ2n) is 6.41. The van der Waals surface area contributed by atoms with Crippen LogP contribution in [0, 0.1) is 5.82 Å². The summed E-state index contributed by atoms with van der Waals surface area (Å²) in [5.74, 6) is -1.55. The van der Waals surface area contributed by atoms with E-state index in [0.717, 1.165) is 28.2 Å². The van der Waals surface area contributed by atoms with E-state index >= 15 is 0 Å². The second-order valence-corrected chi connectivity index (χ2v) is 8.45. The Labute approximate surface area is 173 Å². The highest BCUT2D eigenvalue weighted by Crippen LogP contribution is 2.18. The van der Waals surface area contributed by atoms with Crippen molar-refractivity contribution in [1.29, 1.82) is 0 Å². The molecule has 0 fully saturated rings. The average molecular weight is 430 g/mol. The number of carboxylic acid groups (broad SMARTS) is 1. The summed E-state index contributed by atoms with van der Waals surface area (Å²) in [4.78, 5) is 19.6. The molecule has 156 valence electrons. The molecule has 0 aliphatic heterocycles. The van der Waals surface area contributed by atoms with Crippen molar-refractivity contribution in [1.82, 2.24) is 14.3 Å². The van der Waals surface area contributed by atoms with Gasteiger partial charge in [0.05, 0.1) is 11.4 Å². The van der Waals surface area contributed by atoms with Gasteiger partial charge < -0.3 is 10.4 Å². The minimum absolute atomic E-state index is 0.0732. The monoisotopic (exact) mass is 430 g/mol. The third-order valence-electron chi connectivity index (χ3n) is 4.26. The van der Waals surface area contributed by atoms with Crippen LogP contribution in [0.3, 0.4) is 0 Å². The first-order valence-electron chi connectivity index (χ1n) is 8.86. The van der Waals surface area contributed by atoms with Crippen LogP contribution >= 0.6 is 0 Å². The van der Waals surface area contributed by atoms with E-state index in [9.17, 15) is 22.7 Å². The molecule has 0 spiro atoms. The number of hydrogen-bond acceptors (Lipinski definition) is 6. The molecule has 0 amide bonds. The number of halogens is 1. The van der Waals surface area contributed by atoms with E-state index < -0.39 is 21.8 Å². The number of sulfonamides is 1. The molecular weight excluding hydrogens is 411 g/mol. The average Bonchev–Trinajstić information content (AvgIpc) is 2.73. The summed E-state index contributed by atoms with van der Waals surface area (Å²) in [5, 5.41) is 12.3. The van der Waals surface area contributed by atoms with Crippen molar-refractivity contribution in [3.8, 4) is 0 Å². The lowest BCUT2D eigenvalue weighted by Crippen LogP contribution is -2.27. The number of aromatic nitrogens is 2. The van der Waals surface area contributed by atoms with Gasteiger partial charge >= 0.3 is 5.97 Å². The quantitative estimate of drug-likeness (QED) is 0.565. The molecule has 3 rings (SSSR count). The molecule has 30 heavy (non-hydrogen) atoms. The van der Waals surface area contributed by atoms with Crippen molar-refractivity contribution < 1.29 is 22.7 Å². The lowest BCUT2D eigenvalue weighted by atomic mass is 10.2. The Morgan fingerprint density at radius 3 is 2.43 bits per heavy atom. The highest BCUT2D eigenvalue weighted by Gasteiger charge is 2.23. The summed E-state index contributed by atoms with van der Waals surface area (Å²) in [6, 6.07) is 13.8. The first-order chi connectivity index (χ1) is 14.3. The molecule has 2 N–H and O–H groups in total. The van der Waals surface area contributed by atoms with Gasteiger partial charge in [-0.2, -0.15) is 4.31 Å². The molecule has 0 atom stereocenters. The summed E-state index contributed by atoms with van der Waals surface area (Å²) in [6.07, 6.45) is 1.14. The van der Waals surface area contributed by atoms with E-state index in [2.05, 4.69) is 15.3 Å². The van der Waals surface area contributed by atoms with Crippen molar-refractivity contribution in [2.75, 3.05) is 12.4 Å². The maximum atomic E-state index is 13.1. The van der Waals surface area contributed by atoms with Crippen LogP contribution in [-0.2, 0) is 23.1 Å². The van der Waals surface area contributed by atoms with Crippen LogP contribution in [0.15, 0.2) is 65.7 Å². The van der Waals surface area contributed by atoms with Crippen LogP contribution in [0.4, 0.5) is 10.2 Å². The fourth-order valence-electron chi connectivity index (χ4n) is 2.64. The standard InChI is InChI=1S/C20H19FN4O4S/c1-25(30(28,29)16-9-7-15(21)8-10-16)13-18-22-12-17(20(26)27)19(24-18)23-11-14-5-3-2-4-6-14/h2-10,12H,11,13H2,1H3,(H,26,27)(H,22,23,24). The smallest absolute Gasteiger partial charge is 0.341 e. The van der Waals surface area contributed by atoms with Crippen molar-refractivity contribution in [3.05, 3.63) is 83.6 Å². The van der Waals surface area contributed by atoms with Gasteiger partial charge in [0.25, 0.3) is 0 Å². The zero-order valence-corrected chi connectivity index (χ0v) is 16.8. The minimum Gasteiger partial charge on any atom is -0.477 e. The van der Waals surface area contributed by atoms with E-state index in [1.807, 2.05) is 30.3 Å². The lowest BCUT2D eigenvalue weighted by molar-refractivity contribution is 0.0697. The number of benzene rings is 2. The molecule has 8 nitrogen and oxygen atoms in total. The van der Waals surface area contributed by atoms with Crippen LogP contribution in [0.1, 0.15) is 21.7 Å². The first-order valence-corrected chi connectivity index (χ1v) is 10.3. The van der Waals surface area contributed by atoms with Crippen LogP contribution in [0.2, 0.25) is 0 Å². The number of hydrogen-bond donors (Lipinski definition) is 2. The van der Waals surface area contributed by atoms with E-state index in [1.165, 1.54) is 19.2 Å². The van der Waals surface area contributed by atoms with Gasteiger partial charge in [0.2, 0.25) is 10.0 Å². The number of nitrogens with zero attached hydrogens (tertiary/aromatic N) is 3. The fourth-order valence-corrected chi connectivity index (χ4v) is 3.76. The number of aromatic carboxylic acids is 1. The van der Waals surface area contributed by atoms with Gasteiger partial charge in [-0.05, 0) is 29.8 Å². The predicted octanol–water partition coefficient (Wildman–Crippen LogP) is 2.75. The van der Waals surface area contributed by atoms with Gasteiger partial charge in [-0.1, -0.05) is 30.3 Å². The van der Waals surface area contributed by atoms with Gasteiger partial charge in [-0.25, -0.2) is 27.6 Å². The Balaban J connectivity index is 1.81. The fraction of sp³-hybridized carbons (Fsp3) is 0.150. The second kappa shape index (κ2) is 8.97. The van der Waals surface area contributed by atoms with Gasteiger partial charge in [-0.3, -0.25) is 0 Å². The molecule has 1 aromatic heterocycles. The lowest BCUT2D eigenvalue weighted by Gasteiger charge is -2.17. The minimum atomic E-state index is -3.90. The Bertz CT molecular complexity index is 1140. The molecule has 0 saturated carbocycles. The number of rotatable bonds is 8. The summed E-state index contributed by atoms with van der Waals surface area (Å²) in [6.45, 7) is 0.140. The van der Waals surface area contributed by atoms with Crippen LogP contribution < -0.4 is 5.32 Å². The highest BCUT2D eigenvalue weighted by molar-refractivity contribution is 7.89. The normalized spacial score (nSPS) is 11.4. The summed E-state index contributed by atoms with van der Waals surface area (Å²) in [7, 11) is -2.56. The molecule has 3 aromatic rings. The molecule has 0 aliphatic rings. The molecule has 1 heterocycles. The molecule has 0 aliphatic carbocycles. The summed E-state index contributed by atoms with van der Waals surface area (Å²) in [5.41, 5.74) is 0.795. The SMILES string of the molecule is CN(Cc1ncc(C(=O)O)c(NCc2ccccc2)n1)S(=O)(=O)c1ccc(F)cc1. The maximum absolute atomic E-state index is 13.1. The molecular formula is C20H19FN4O4S. The zero-order chi connectivity index (χ0) is 21.7. The number of carbonyl (C=O) groups is 1. The number of anilines is 1. The van der Waals surface area contributed by atoms with Crippen molar-refractivity contribution in [2.45, 2.75) is 18.0 Å². The van der Waals surface area contributed by atoms with Crippen molar-refractivity contribution in [2.24, 2.45) is 0 Å². The third kappa shape index (κ3) is 4.97. The largest absolute Gasteiger partial charge is 0.477 e. The van der Waals surface area contributed by atoms with Gasteiger partial charge in [0, 0.05) is 19.8 Å². The van der Waals surface area contributed by atoms with Crippen molar-refractivity contribution in [3.63, 3.8) is 0 Å². The third-order valence-corrected chi connectivity index (χ3v) is 6.08. The zero-order valence-electron chi connectivity index (χ0n) is 16.0. The number of nitrogens with one attached hydrogen (secondary N) is 1. The highest BCUT2D eigenvalue weighted by atomic mass is 32.2. The molecule has 10 heteroatoms. The Morgan fingerprint density at radius 1 is 1.13 bits per heavy atom. The topological polar surface area (TPSA) is 112 Å². The van der Waals surface area contributed by atoms with Crippen LogP contribution in [0.5, 0.6) is 0 Å². The molecule has 0 unspecified atom stereocenters. The van der Waals surface area contributed by atoms with E-state index in [0.29, 0.717) is 6.54 Å². The maximum Gasteiger partial charge on any atom is 0.341 e. The first kappa shape index (κ1) is 21.3. The Morgan fingerprint density at radius 2 is 1.80 bits per heavy atom. The predicted molar refractivity (Wildman–Crippen MR) is 108 cm³/mol. The van der Waals surface area contributed by atoms with E-state index in [1.54, 1.807) is 0 Å². The number of carboxylic acids is 1. The van der Waals surface area contributed by atoms with E-state index in [4.69, 9.17) is 0 Å². The summed E-state index contributed by atoms with van der Waals surface area (Å²) < 4.78 is 39.4.